The summed E-state index contributed by atoms with van der Waals surface area (Å²) in [6.45, 7) is 1.77. The number of furan rings is 1. The van der Waals surface area contributed by atoms with Crippen molar-refractivity contribution in [3.63, 3.8) is 0 Å². The molecular formula is C14H13ClN2O2. The van der Waals surface area contributed by atoms with Gasteiger partial charge in [0.05, 0.1) is 12.7 Å². The molecule has 5 heteroatoms. The van der Waals surface area contributed by atoms with E-state index in [0.29, 0.717) is 16.5 Å². The largest absolute Gasteiger partial charge is 0.463 e. The zero-order valence-corrected chi connectivity index (χ0v) is 11.1. The van der Waals surface area contributed by atoms with E-state index in [1.165, 1.54) is 0 Å². The molecule has 0 saturated carbocycles. The van der Waals surface area contributed by atoms with Crippen molar-refractivity contribution in [1.82, 2.24) is 5.43 Å². The Morgan fingerprint density at radius 2 is 2.05 bits per heavy atom. The summed E-state index contributed by atoms with van der Waals surface area (Å²) in [5.74, 6) is 0.444. The van der Waals surface area contributed by atoms with Crippen LogP contribution in [0.5, 0.6) is 0 Å². The number of carbonyl (C=O) groups is 1. The van der Waals surface area contributed by atoms with Crippen LogP contribution in [0.25, 0.3) is 0 Å². The maximum Gasteiger partial charge on any atom is 0.244 e. The number of carbonyl (C=O) groups excluding carboxylic acids is 1. The van der Waals surface area contributed by atoms with Gasteiger partial charge in [-0.1, -0.05) is 23.7 Å². The Bertz CT molecular complexity index is 574. The minimum Gasteiger partial charge on any atom is -0.463 e. The molecule has 0 aliphatic rings. The van der Waals surface area contributed by atoms with Gasteiger partial charge in [0, 0.05) is 5.02 Å². The highest BCUT2D eigenvalue weighted by atomic mass is 35.5. The van der Waals surface area contributed by atoms with Gasteiger partial charge in [-0.3, -0.25) is 4.79 Å². The molecule has 1 aromatic heterocycles. The Hall–Kier alpha value is -2.07. The van der Waals surface area contributed by atoms with Crippen LogP contribution in [0.4, 0.5) is 0 Å². The molecule has 0 radical (unpaired) electrons. The molecule has 0 atom stereocenters. The van der Waals surface area contributed by atoms with Crippen molar-refractivity contribution in [3.05, 3.63) is 59.0 Å². The summed E-state index contributed by atoms with van der Waals surface area (Å²) in [6.07, 6.45) is 1.82. The zero-order valence-electron chi connectivity index (χ0n) is 10.4. The van der Waals surface area contributed by atoms with Crippen molar-refractivity contribution in [2.75, 3.05) is 0 Å². The Morgan fingerprint density at radius 3 is 2.68 bits per heavy atom. The van der Waals surface area contributed by atoms with Gasteiger partial charge in [0.1, 0.15) is 11.5 Å². The van der Waals surface area contributed by atoms with Gasteiger partial charge >= 0.3 is 0 Å². The van der Waals surface area contributed by atoms with E-state index in [1.807, 2.05) is 12.1 Å². The van der Waals surface area contributed by atoms with E-state index in [9.17, 15) is 4.79 Å². The molecule has 4 nitrogen and oxygen atoms in total. The molecule has 19 heavy (non-hydrogen) atoms. The summed E-state index contributed by atoms with van der Waals surface area (Å²) in [6, 6.07) is 10.7. The Kier molecular flexibility index (Phi) is 4.36. The standard InChI is InChI=1S/C14H13ClN2O2/c1-10(13-3-2-8-19-13)16-17-14(18)9-11-4-6-12(15)7-5-11/h2-8H,9H2,1H3,(H,17,18). The van der Waals surface area contributed by atoms with Crippen molar-refractivity contribution in [2.45, 2.75) is 13.3 Å². The lowest BCUT2D eigenvalue weighted by molar-refractivity contribution is -0.120. The number of halogens is 1. The summed E-state index contributed by atoms with van der Waals surface area (Å²) < 4.78 is 5.16. The fourth-order valence-corrected chi connectivity index (χ4v) is 1.64. The van der Waals surface area contributed by atoms with Gasteiger partial charge in [-0.05, 0) is 36.8 Å². The van der Waals surface area contributed by atoms with Gasteiger partial charge in [-0.2, -0.15) is 5.10 Å². The van der Waals surface area contributed by atoms with Crippen LogP contribution in [0.3, 0.4) is 0 Å². The number of nitrogens with zero attached hydrogens (tertiary/aromatic N) is 1. The molecule has 1 N–H and O–H groups in total. The third-order valence-electron chi connectivity index (χ3n) is 2.50. The molecule has 0 saturated heterocycles. The van der Waals surface area contributed by atoms with E-state index in [0.717, 1.165) is 5.56 Å². The van der Waals surface area contributed by atoms with E-state index in [1.54, 1.807) is 37.5 Å². The van der Waals surface area contributed by atoms with E-state index < -0.39 is 0 Å². The fourth-order valence-electron chi connectivity index (χ4n) is 1.51. The molecule has 98 valence electrons. The Labute approximate surface area is 116 Å². The minimum absolute atomic E-state index is 0.187. The third-order valence-corrected chi connectivity index (χ3v) is 2.76. The Balaban J connectivity index is 1.91. The first-order valence-electron chi connectivity index (χ1n) is 5.76. The lowest BCUT2D eigenvalue weighted by Crippen LogP contribution is -2.21. The van der Waals surface area contributed by atoms with Crippen LogP contribution in [0, 0.1) is 0 Å². The molecule has 1 amide bonds. The van der Waals surface area contributed by atoms with Crippen molar-refractivity contribution in [1.29, 1.82) is 0 Å². The number of hydrogen-bond donors (Lipinski definition) is 1. The average Bonchev–Trinajstić information content (AvgIpc) is 2.93. The van der Waals surface area contributed by atoms with E-state index >= 15 is 0 Å². The summed E-state index contributed by atoms with van der Waals surface area (Å²) in [5, 5.41) is 4.63. The maximum atomic E-state index is 11.7. The predicted octanol–water partition coefficient (Wildman–Crippen LogP) is 3.02. The van der Waals surface area contributed by atoms with Gasteiger partial charge in [0.25, 0.3) is 0 Å². The number of amides is 1. The van der Waals surface area contributed by atoms with Crippen LogP contribution in [0.2, 0.25) is 5.02 Å². The molecule has 0 unspecified atom stereocenters. The normalized spacial score (nSPS) is 11.4. The lowest BCUT2D eigenvalue weighted by Gasteiger charge is -2.02. The number of rotatable bonds is 4. The van der Waals surface area contributed by atoms with Crippen molar-refractivity contribution < 1.29 is 9.21 Å². The first kappa shape index (κ1) is 13.4. The molecule has 2 rings (SSSR count). The molecule has 0 aliphatic carbocycles. The number of hydrogen-bond acceptors (Lipinski definition) is 3. The first-order valence-corrected chi connectivity index (χ1v) is 6.14. The van der Waals surface area contributed by atoms with Gasteiger partial charge in [-0.25, -0.2) is 5.43 Å². The fraction of sp³-hybridized carbons (Fsp3) is 0.143. The van der Waals surface area contributed by atoms with Crippen molar-refractivity contribution in [3.8, 4) is 0 Å². The highest BCUT2D eigenvalue weighted by Gasteiger charge is 2.04. The topological polar surface area (TPSA) is 54.6 Å². The van der Waals surface area contributed by atoms with Crippen LogP contribution in [0.1, 0.15) is 18.2 Å². The maximum absolute atomic E-state index is 11.7. The van der Waals surface area contributed by atoms with E-state index in [4.69, 9.17) is 16.0 Å². The number of hydrazone groups is 1. The van der Waals surface area contributed by atoms with Crippen LogP contribution in [-0.4, -0.2) is 11.6 Å². The second-order valence-electron chi connectivity index (χ2n) is 4.01. The molecule has 1 aromatic carbocycles. The van der Waals surface area contributed by atoms with E-state index in [2.05, 4.69) is 10.5 Å². The summed E-state index contributed by atoms with van der Waals surface area (Å²) >= 11 is 5.78. The van der Waals surface area contributed by atoms with Crippen LogP contribution < -0.4 is 5.43 Å². The molecular weight excluding hydrogens is 264 g/mol. The highest BCUT2D eigenvalue weighted by molar-refractivity contribution is 6.30. The number of nitrogens with one attached hydrogen (secondary N) is 1. The van der Waals surface area contributed by atoms with Crippen LogP contribution in [-0.2, 0) is 11.2 Å². The second-order valence-corrected chi connectivity index (χ2v) is 4.45. The van der Waals surface area contributed by atoms with Crippen molar-refractivity contribution >= 4 is 23.2 Å². The monoisotopic (exact) mass is 276 g/mol. The van der Waals surface area contributed by atoms with Crippen molar-refractivity contribution in [2.24, 2.45) is 5.10 Å². The lowest BCUT2D eigenvalue weighted by atomic mass is 10.1. The van der Waals surface area contributed by atoms with Crippen LogP contribution in [0.15, 0.2) is 52.2 Å². The quantitative estimate of drug-likeness (QED) is 0.689. The van der Waals surface area contributed by atoms with Gasteiger partial charge in [0.2, 0.25) is 5.91 Å². The van der Waals surface area contributed by atoms with Gasteiger partial charge < -0.3 is 4.42 Å². The summed E-state index contributed by atoms with van der Waals surface area (Å²) in [5.41, 5.74) is 3.99. The first-order chi connectivity index (χ1) is 9.15. The van der Waals surface area contributed by atoms with E-state index in [-0.39, 0.29) is 12.3 Å². The average molecular weight is 277 g/mol. The molecule has 0 spiro atoms. The number of benzene rings is 1. The Morgan fingerprint density at radius 1 is 1.32 bits per heavy atom. The summed E-state index contributed by atoms with van der Waals surface area (Å²) in [7, 11) is 0. The molecule has 0 aliphatic heterocycles. The highest BCUT2D eigenvalue weighted by Crippen LogP contribution is 2.09. The van der Waals surface area contributed by atoms with Gasteiger partial charge in [0.15, 0.2) is 0 Å². The third kappa shape index (κ3) is 3.96. The zero-order chi connectivity index (χ0) is 13.7. The molecule has 0 fully saturated rings. The summed E-state index contributed by atoms with van der Waals surface area (Å²) in [4.78, 5) is 11.7. The van der Waals surface area contributed by atoms with Crippen LogP contribution >= 0.6 is 11.6 Å². The SMILES string of the molecule is CC(=NNC(=O)Cc1ccc(Cl)cc1)c1ccco1. The second kappa shape index (κ2) is 6.20. The molecule has 0 bridgehead atoms. The predicted molar refractivity (Wildman–Crippen MR) is 74.2 cm³/mol. The smallest absolute Gasteiger partial charge is 0.244 e. The molecule has 2 aromatic rings. The van der Waals surface area contributed by atoms with Gasteiger partial charge in [-0.15, -0.1) is 0 Å². The molecule has 1 heterocycles. The minimum atomic E-state index is -0.187.